The topological polar surface area (TPSA) is 81.8 Å². The highest BCUT2D eigenvalue weighted by molar-refractivity contribution is 8.13. The Kier molecular flexibility index (Phi) is 4.40. The highest BCUT2D eigenvalue weighted by atomic mass is 32.2. The SMILES string of the molecule is COc1cccnc1Nc1ccc2c(c1)[C@@]1(C)N=C(N)SC[C@H]1CCO2. The van der Waals surface area contributed by atoms with Crippen molar-refractivity contribution < 1.29 is 9.47 Å². The molecule has 7 heteroatoms. The summed E-state index contributed by atoms with van der Waals surface area (Å²) in [4.78, 5) is 9.20. The molecule has 0 bridgehead atoms. The Bertz CT molecular complexity index is 857. The van der Waals surface area contributed by atoms with Gasteiger partial charge in [0.25, 0.3) is 0 Å². The minimum Gasteiger partial charge on any atom is -0.493 e. The molecule has 1 aromatic heterocycles. The Morgan fingerprint density at radius 1 is 1.38 bits per heavy atom. The number of rotatable bonds is 3. The third-order valence-electron chi connectivity index (χ3n) is 5.07. The van der Waals surface area contributed by atoms with E-state index in [4.69, 9.17) is 20.2 Å². The van der Waals surface area contributed by atoms with Crippen LogP contribution >= 0.6 is 11.8 Å². The summed E-state index contributed by atoms with van der Waals surface area (Å²) in [5, 5.41) is 3.98. The van der Waals surface area contributed by atoms with E-state index in [1.54, 1.807) is 25.1 Å². The maximum absolute atomic E-state index is 6.06. The van der Waals surface area contributed by atoms with E-state index in [0.29, 0.717) is 29.3 Å². The molecule has 0 spiro atoms. The van der Waals surface area contributed by atoms with Crippen molar-refractivity contribution >= 4 is 28.4 Å². The first-order valence-electron chi connectivity index (χ1n) is 8.61. The maximum atomic E-state index is 6.06. The van der Waals surface area contributed by atoms with E-state index in [2.05, 4.69) is 23.3 Å². The van der Waals surface area contributed by atoms with Crippen molar-refractivity contribution in [3.8, 4) is 11.5 Å². The Hall–Kier alpha value is -2.41. The summed E-state index contributed by atoms with van der Waals surface area (Å²) < 4.78 is 11.4. The van der Waals surface area contributed by atoms with Crippen LogP contribution < -0.4 is 20.5 Å². The molecule has 2 aliphatic rings. The van der Waals surface area contributed by atoms with Gasteiger partial charge >= 0.3 is 0 Å². The number of nitrogens with one attached hydrogen (secondary N) is 1. The molecule has 4 rings (SSSR count). The van der Waals surface area contributed by atoms with Crippen molar-refractivity contribution in [2.75, 3.05) is 24.8 Å². The molecule has 136 valence electrons. The van der Waals surface area contributed by atoms with Crippen molar-refractivity contribution in [1.29, 1.82) is 0 Å². The summed E-state index contributed by atoms with van der Waals surface area (Å²) in [5.41, 5.74) is 7.66. The summed E-state index contributed by atoms with van der Waals surface area (Å²) >= 11 is 1.63. The molecule has 0 aliphatic carbocycles. The molecule has 6 nitrogen and oxygen atoms in total. The third-order valence-corrected chi connectivity index (χ3v) is 6.03. The number of pyridine rings is 1. The lowest BCUT2D eigenvalue weighted by atomic mass is 9.79. The van der Waals surface area contributed by atoms with Crippen LogP contribution in [-0.4, -0.2) is 29.6 Å². The highest BCUT2D eigenvalue weighted by Gasteiger charge is 2.42. The zero-order chi connectivity index (χ0) is 18.1. The number of fused-ring (bicyclic) bond motifs is 3. The number of aromatic nitrogens is 1. The quantitative estimate of drug-likeness (QED) is 0.860. The number of nitrogens with zero attached hydrogens (tertiary/aromatic N) is 2. The molecule has 0 radical (unpaired) electrons. The van der Waals surface area contributed by atoms with Gasteiger partial charge in [0.15, 0.2) is 16.7 Å². The summed E-state index contributed by atoms with van der Waals surface area (Å²) in [6, 6.07) is 9.80. The molecule has 1 aromatic carbocycles. The van der Waals surface area contributed by atoms with E-state index in [0.717, 1.165) is 29.2 Å². The smallest absolute Gasteiger partial charge is 0.173 e. The van der Waals surface area contributed by atoms with Crippen LogP contribution in [0.5, 0.6) is 11.5 Å². The average Bonchev–Trinajstić information content (AvgIpc) is 2.78. The number of anilines is 2. The number of hydrogen-bond acceptors (Lipinski definition) is 7. The third kappa shape index (κ3) is 2.96. The van der Waals surface area contributed by atoms with Crippen LogP contribution in [0.4, 0.5) is 11.5 Å². The number of methoxy groups -OCH3 is 1. The predicted octanol–water partition coefficient (Wildman–Crippen LogP) is 3.51. The van der Waals surface area contributed by atoms with Crippen LogP contribution in [-0.2, 0) is 5.54 Å². The van der Waals surface area contributed by atoms with Gasteiger partial charge in [-0.15, -0.1) is 0 Å². The van der Waals surface area contributed by atoms with Crippen molar-refractivity contribution in [3.05, 3.63) is 42.1 Å². The van der Waals surface area contributed by atoms with Gasteiger partial charge in [-0.05, 0) is 43.7 Å². The van der Waals surface area contributed by atoms with E-state index in [9.17, 15) is 0 Å². The molecule has 0 amide bonds. The van der Waals surface area contributed by atoms with E-state index in [-0.39, 0.29) is 5.54 Å². The molecule has 0 fully saturated rings. The van der Waals surface area contributed by atoms with E-state index in [1.807, 2.05) is 24.3 Å². The molecule has 2 aromatic rings. The van der Waals surface area contributed by atoms with Crippen LogP contribution in [0.2, 0.25) is 0 Å². The van der Waals surface area contributed by atoms with Gasteiger partial charge in [-0.1, -0.05) is 11.8 Å². The molecule has 2 atom stereocenters. The fraction of sp³-hybridized carbons (Fsp3) is 0.368. The Labute approximate surface area is 157 Å². The summed E-state index contributed by atoms with van der Waals surface area (Å²) in [5.74, 6) is 3.59. The zero-order valence-corrected chi connectivity index (χ0v) is 15.7. The molecule has 0 unspecified atom stereocenters. The lowest BCUT2D eigenvalue weighted by Gasteiger charge is -2.36. The Morgan fingerprint density at radius 3 is 3.12 bits per heavy atom. The fourth-order valence-electron chi connectivity index (χ4n) is 3.57. The molecule has 3 heterocycles. The van der Waals surface area contributed by atoms with Gasteiger partial charge in [0.05, 0.1) is 19.3 Å². The number of hydrogen-bond donors (Lipinski definition) is 2. The molecule has 0 saturated heterocycles. The minimum atomic E-state index is -0.382. The lowest BCUT2D eigenvalue weighted by molar-refractivity contribution is 0.271. The van der Waals surface area contributed by atoms with Crippen molar-refractivity contribution in [2.45, 2.75) is 18.9 Å². The number of aliphatic imine (C=N–C) groups is 1. The van der Waals surface area contributed by atoms with Gasteiger partial charge in [-0.3, -0.25) is 4.99 Å². The van der Waals surface area contributed by atoms with Crippen LogP contribution in [0.1, 0.15) is 18.9 Å². The molecule has 2 aliphatic heterocycles. The van der Waals surface area contributed by atoms with E-state index >= 15 is 0 Å². The second-order valence-corrected chi connectivity index (χ2v) is 7.67. The average molecular weight is 370 g/mol. The molecular formula is C19H22N4O2S. The Morgan fingerprint density at radius 2 is 2.27 bits per heavy atom. The molecule has 0 saturated carbocycles. The number of ether oxygens (including phenoxy) is 2. The van der Waals surface area contributed by atoms with Crippen LogP contribution in [0.15, 0.2) is 41.5 Å². The molecule has 26 heavy (non-hydrogen) atoms. The van der Waals surface area contributed by atoms with Gasteiger partial charge < -0.3 is 20.5 Å². The van der Waals surface area contributed by atoms with Crippen LogP contribution in [0, 0.1) is 5.92 Å². The summed E-state index contributed by atoms with van der Waals surface area (Å²) in [6.45, 7) is 2.85. The fourth-order valence-corrected chi connectivity index (χ4v) is 4.69. The normalized spacial score (nSPS) is 24.4. The van der Waals surface area contributed by atoms with Gasteiger partial charge in [0.1, 0.15) is 5.75 Å². The first-order chi connectivity index (χ1) is 12.6. The number of thioether (sulfide) groups is 1. The van der Waals surface area contributed by atoms with Crippen molar-refractivity contribution in [1.82, 2.24) is 4.98 Å². The summed E-state index contributed by atoms with van der Waals surface area (Å²) in [7, 11) is 1.63. The van der Waals surface area contributed by atoms with Crippen LogP contribution in [0.3, 0.4) is 0 Å². The monoisotopic (exact) mass is 370 g/mol. The van der Waals surface area contributed by atoms with Gasteiger partial charge in [-0.25, -0.2) is 4.98 Å². The van der Waals surface area contributed by atoms with Gasteiger partial charge in [-0.2, -0.15) is 0 Å². The first kappa shape index (κ1) is 17.0. The second kappa shape index (κ2) is 6.72. The first-order valence-corrected chi connectivity index (χ1v) is 9.60. The largest absolute Gasteiger partial charge is 0.493 e. The van der Waals surface area contributed by atoms with Gasteiger partial charge in [0.2, 0.25) is 0 Å². The number of benzene rings is 1. The maximum Gasteiger partial charge on any atom is 0.173 e. The highest BCUT2D eigenvalue weighted by Crippen LogP contribution is 2.47. The minimum absolute atomic E-state index is 0.382. The lowest BCUT2D eigenvalue weighted by Crippen LogP contribution is -2.37. The van der Waals surface area contributed by atoms with E-state index < -0.39 is 0 Å². The van der Waals surface area contributed by atoms with E-state index in [1.165, 1.54) is 0 Å². The predicted molar refractivity (Wildman–Crippen MR) is 106 cm³/mol. The second-order valence-electron chi connectivity index (χ2n) is 6.63. The number of amidine groups is 1. The summed E-state index contributed by atoms with van der Waals surface area (Å²) in [6.07, 6.45) is 2.70. The molecule has 3 N–H and O–H groups in total. The standard InChI is InChI=1S/C19H22N4O2S/c1-19-12(11-26-18(20)23-19)7-9-25-15-6-5-13(10-14(15)19)22-17-16(24-2)4-3-8-21-17/h3-6,8,10,12H,7,9,11H2,1-2H3,(H2,20,23)(H,21,22)/t12-,19+/m1/s1. The van der Waals surface area contributed by atoms with Crippen molar-refractivity contribution in [2.24, 2.45) is 16.6 Å². The molecular weight excluding hydrogens is 348 g/mol. The van der Waals surface area contributed by atoms with Gasteiger partial charge in [0, 0.05) is 29.1 Å². The van der Waals surface area contributed by atoms with Crippen molar-refractivity contribution in [3.63, 3.8) is 0 Å². The zero-order valence-electron chi connectivity index (χ0n) is 14.9. The number of nitrogens with two attached hydrogens (primary N) is 1. The Balaban J connectivity index is 1.75. The van der Waals surface area contributed by atoms with Crippen LogP contribution in [0.25, 0.3) is 0 Å².